The molecule has 0 spiro atoms. The number of rotatable bonds is 62. The summed E-state index contributed by atoms with van der Waals surface area (Å²) in [5.41, 5.74) is -2.13. The standard InChI is InChI=1S/C70H134O8/c1-8-54-66(71)78-70(69(74)77-60-53-47-41-35-29-23-17-11-14-20-26-32-38-44-50-57-65(6)7,61-67(72)75-58-51-45-39-33-27-21-15-9-12-18-24-30-36-42-48-55-63(2)3)62-68(73)76-59-52-46-40-34-28-22-16-10-13-19-25-31-37-43-49-56-64(4)5/h63-65H,8-62H2,1-7H3. The highest BCUT2D eigenvalue weighted by atomic mass is 16.6. The summed E-state index contributed by atoms with van der Waals surface area (Å²) < 4.78 is 22.9. The van der Waals surface area contributed by atoms with Crippen LogP contribution in [0.4, 0.5) is 0 Å². The van der Waals surface area contributed by atoms with Crippen LogP contribution in [0.1, 0.15) is 382 Å². The van der Waals surface area contributed by atoms with Gasteiger partial charge in [-0.1, -0.05) is 337 Å². The number of carbonyl (C=O) groups is 4. The van der Waals surface area contributed by atoms with Crippen LogP contribution in [0.25, 0.3) is 0 Å². The number of hydrogen-bond donors (Lipinski definition) is 0. The Bertz CT molecular complexity index is 1250. The molecule has 0 aromatic heterocycles. The highest BCUT2D eigenvalue weighted by Gasteiger charge is 2.49. The second-order valence-electron chi connectivity index (χ2n) is 25.6. The summed E-state index contributed by atoms with van der Waals surface area (Å²) in [5, 5.41) is 0. The lowest BCUT2D eigenvalue weighted by Gasteiger charge is -2.30. The lowest BCUT2D eigenvalue weighted by atomic mass is 9.94. The van der Waals surface area contributed by atoms with Crippen LogP contribution >= 0.6 is 0 Å². The molecule has 0 aromatic carbocycles. The monoisotopic (exact) mass is 1100 g/mol. The lowest BCUT2D eigenvalue weighted by Crippen LogP contribution is -2.48. The van der Waals surface area contributed by atoms with E-state index >= 15 is 0 Å². The fourth-order valence-electron chi connectivity index (χ4n) is 10.9. The Labute approximate surface area is 485 Å². The first-order chi connectivity index (χ1) is 37.9. The van der Waals surface area contributed by atoms with Crippen LogP contribution in [0.3, 0.4) is 0 Å². The molecule has 0 aliphatic carbocycles. The Morgan fingerprint density at radius 2 is 0.487 bits per heavy atom. The third kappa shape index (κ3) is 54.5. The van der Waals surface area contributed by atoms with Gasteiger partial charge in [0, 0.05) is 6.42 Å². The highest BCUT2D eigenvalue weighted by molar-refractivity contribution is 5.92. The molecule has 0 saturated heterocycles. The number of esters is 4. The molecule has 0 rings (SSSR count). The van der Waals surface area contributed by atoms with E-state index in [1.54, 1.807) is 0 Å². The number of hydrogen-bond acceptors (Lipinski definition) is 8. The van der Waals surface area contributed by atoms with Crippen LogP contribution < -0.4 is 0 Å². The molecule has 8 nitrogen and oxygen atoms in total. The summed E-state index contributed by atoms with van der Waals surface area (Å²) >= 11 is 0. The van der Waals surface area contributed by atoms with Crippen LogP contribution in [-0.2, 0) is 38.1 Å². The maximum absolute atomic E-state index is 14.0. The molecule has 0 atom stereocenters. The van der Waals surface area contributed by atoms with Crippen molar-refractivity contribution >= 4 is 23.9 Å². The quantitative estimate of drug-likeness (QED) is 0.0337. The molecule has 0 fully saturated rings. The van der Waals surface area contributed by atoms with Crippen LogP contribution in [0.15, 0.2) is 0 Å². The van der Waals surface area contributed by atoms with Gasteiger partial charge in [0.15, 0.2) is 0 Å². The Balaban J connectivity index is 4.88. The SMILES string of the molecule is CCCC(=O)OC(CC(=O)OCCCCCCCCCCCCCCCCCC(C)C)(CC(=O)OCCCCCCCCCCCCCCCCCC(C)C)C(=O)OCCCCCCCCCCCCCCCCCC(C)C. The smallest absolute Gasteiger partial charge is 0.351 e. The predicted octanol–water partition coefficient (Wildman–Crippen LogP) is 22.2. The third-order valence-electron chi connectivity index (χ3n) is 16.0. The van der Waals surface area contributed by atoms with E-state index in [0.717, 1.165) is 75.5 Å². The van der Waals surface area contributed by atoms with Gasteiger partial charge in [-0.3, -0.25) is 14.4 Å². The second-order valence-corrected chi connectivity index (χ2v) is 25.6. The lowest BCUT2D eigenvalue weighted by molar-refractivity contribution is -0.191. The number of unbranched alkanes of at least 4 members (excludes halogenated alkanes) is 42. The molecule has 0 aliphatic rings. The first-order valence-corrected chi connectivity index (χ1v) is 34.6. The van der Waals surface area contributed by atoms with Crippen molar-refractivity contribution in [1.29, 1.82) is 0 Å². The Morgan fingerprint density at radius 1 is 0.282 bits per heavy atom. The van der Waals surface area contributed by atoms with Crippen molar-refractivity contribution in [1.82, 2.24) is 0 Å². The minimum atomic E-state index is -2.13. The summed E-state index contributed by atoms with van der Waals surface area (Å²) in [6, 6.07) is 0. The molecule has 0 radical (unpaired) electrons. The van der Waals surface area contributed by atoms with E-state index < -0.39 is 42.3 Å². The Hall–Kier alpha value is -2.12. The maximum Gasteiger partial charge on any atom is 0.351 e. The maximum atomic E-state index is 14.0. The molecule has 0 aliphatic heterocycles. The van der Waals surface area contributed by atoms with E-state index in [9.17, 15) is 19.2 Å². The van der Waals surface area contributed by atoms with Crippen molar-refractivity contribution in [3.8, 4) is 0 Å². The molecular formula is C70H134O8. The number of carbonyl (C=O) groups excluding carboxylic acids is 4. The van der Waals surface area contributed by atoms with Crippen LogP contribution in [-0.4, -0.2) is 49.3 Å². The van der Waals surface area contributed by atoms with Gasteiger partial charge < -0.3 is 18.9 Å². The van der Waals surface area contributed by atoms with Gasteiger partial charge in [-0.05, 0) is 43.4 Å². The van der Waals surface area contributed by atoms with Gasteiger partial charge in [0.1, 0.15) is 0 Å². The van der Waals surface area contributed by atoms with E-state index in [2.05, 4.69) is 41.5 Å². The largest absolute Gasteiger partial charge is 0.466 e. The van der Waals surface area contributed by atoms with Crippen LogP contribution in [0, 0.1) is 17.8 Å². The van der Waals surface area contributed by atoms with Crippen molar-refractivity contribution in [2.45, 2.75) is 388 Å². The molecule has 0 unspecified atom stereocenters. The first-order valence-electron chi connectivity index (χ1n) is 34.6. The van der Waals surface area contributed by atoms with Crippen LogP contribution in [0.5, 0.6) is 0 Å². The van der Waals surface area contributed by atoms with E-state index in [-0.39, 0.29) is 26.2 Å². The summed E-state index contributed by atoms with van der Waals surface area (Å²) in [6.07, 6.45) is 59.5. The zero-order chi connectivity index (χ0) is 57.3. The molecule has 0 amide bonds. The molecule has 462 valence electrons. The normalized spacial score (nSPS) is 11.8. The van der Waals surface area contributed by atoms with E-state index in [4.69, 9.17) is 18.9 Å². The fourth-order valence-corrected chi connectivity index (χ4v) is 10.9. The minimum Gasteiger partial charge on any atom is -0.466 e. The Morgan fingerprint density at radius 3 is 0.705 bits per heavy atom. The zero-order valence-corrected chi connectivity index (χ0v) is 53.4. The van der Waals surface area contributed by atoms with E-state index in [0.29, 0.717) is 12.8 Å². The molecule has 0 N–H and O–H groups in total. The van der Waals surface area contributed by atoms with Crippen molar-refractivity contribution in [2.75, 3.05) is 19.8 Å². The summed E-state index contributed by atoms with van der Waals surface area (Å²) in [4.78, 5) is 54.1. The predicted molar refractivity (Wildman–Crippen MR) is 332 cm³/mol. The molecule has 0 bridgehead atoms. The van der Waals surface area contributed by atoms with Gasteiger partial charge in [-0.15, -0.1) is 0 Å². The molecule has 0 heterocycles. The van der Waals surface area contributed by atoms with E-state index in [1.165, 1.54) is 244 Å². The summed E-state index contributed by atoms with van der Waals surface area (Å²) in [6.45, 7) is 16.3. The summed E-state index contributed by atoms with van der Waals surface area (Å²) in [7, 11) is 0. The molecule has 8 heteroatoms. The van der Waals surface area contributed by atoms with Crippen molar-refractivity contribution in [3.05, 3.63) is 0 Å². The zero-order valence-electron chi connectivity index (χ0n) is 53.4. The van der Waals surface area contributed by atoms with Crippen molar-refractivity contribution in [2.24, 2.45) is 17.8 Å². The second kappa shape index (κ2) is 58.1. The van der Waals surface area contributed by atoms with Crippen molar-refractivity contribution in [3.63, 3.8) is 0 Å². The van der Waals surface area contributed by atoms with Gasteiger partial charge in [0.05, 0.1) is 32.7 Å². The summed E-state index contributed by atoms with van der Waals surface area (Å²) in [5.74, 6) is -0.371. The molecule has 0 aromatic rings. The van der Waals surface area contributed by atoms with Crippen LogP contribution in [0.2, 0.25) is 0 Å². The minimum absolute atomic E-state index is 0.0510. The third-order valence-corrected chi connectivity index (χ3v) is 16.0. The Kier molecular flexibility index (Phi) is 56.5. The van der Waals surface area contributed by atoms with Gasteiger partial charge in [-0.25, -0.2) is 4.79 Å². The van der Waals surface area contributed by atoms with Gasteiger partial charge in [-0.2, -0.15) is 0 Å². The molecule has 0 saturated carbocycles. The van der Waals surface area contributed by atoms with Crippen molar-refractivity contribution < 1.29 is 38.1 Å². The average molecular weight is 1100 g/mol. The van der Waals surface area contributed by atoms with E-state index in [1.807, 2.05) is 6.92 Å². The average Bonchev–Trinajstić information content (AvgIpc) is 3.41. The first kappa shape index (κ1) is 75.9. The molecular weight excluding hydrogens is 969 g/mol. The van der Waals surface area contributed by atoms with Gasteiger partial charge >= 0.3 is 23.9 Å². The fraction of sp³-hybridized carbons (Fsp3) is 0.943. The van der Waals surface area contributed by atoms with Gasteiger partial charge in [0.2, 0.25) is 5.60 Å². The van der Waals surface area contributed by atoms with Gasteiger partial charge in [0.25, 0.3) is 0 Å². The molecule has 78 heavy (non-hydrogen) atoms. The topological polar surface area (TPSA) is 105 Å². The highest BCUT2D eigenvalue weighted by Crippen LogP contribution is 2.28. The number of ether oxygens (including phenoxy) is 4.